The van der Waals surface area contributed by atoms with E-state index in [1.165, 1.54) is 22.7 Å². The molecule has 3 aromatic rings. The second kappa shape index (κ2) is 10.8. The number of aromatic nitrogens is 3. The zero-order chi connectivity index (χ0) is 21.3. The standard InChI is InChI=1S/C23H29N5OS/c1-17(2)16-28(13-10-22(29)25-15-20-8-11-24-12-9-20)23-26-21(27-30-23)14-19-6-4-18(3)5-7-19/h4-9,11-12,17H,10,13-16H2,1-3H3,(H,25,29). The molecule has 6 nitrogen and oxygen atoms in total. The molecule has 7 heteroatoms. The third kappa shape index (κ3) is 6.91. The summed E-state index contributed by atoms with van der Waals surface area (Å²) in [6, 6.07) is 12.3. The molecule has 2 heterocycles. The molecule has 0 bridgehead atoms. The number of pyridine rings is 1. The summed E-state index contributed by atoms with van der Waals surface area (Å²) < 4.78 is 4.55. The lowest BCUT2D eigenvalue weighted by atomic mass is 10.1. The second-order valence-electron chi connectivity index (χ2n) is 7.88. The van der Waals surface area contributed by atoms with Crippen molar-refractivity contribution < 1.29 is 4.79 Å². The first-order valence-corrected chi connectivity index (χ1v) is 11.1. The molecule has 0 saturated carbocycles. The maximum Gasteiger partial charge on any atom is 0.222 e. The molecule has 0 radical (unpaired) electrons. The van der Waals surface area contributed by atoms with Crippen LogP contribution < -0.4 is 10.2 Å². The van der Waals surface area contributed by atoms with Crippen LogP contribution >= 0.6 is 11.5 Å². The van der Waals surface area contributed by atoms with Crippen LogP contribution in [0.15, 0.2) is 48.8 Å². The summed E-state index contributed by atoms with van der Waals surface area (Å²) in [7, 11) is 0. The number of benzene rings is 1. The van der Waals surface area contributed by atoms with E-state index in [0.29, 0.717) is 25.4 Å². The van der Waals surface area contributed by atoms with Crippen molar-refractivity contribution in [1.29, 1.82) is 0 Å². The average molecular weight is 424 g/mol. The minimum absolute atomic E-state index is 0.0324. The monoisotopic (exact) mass is 423 g/mol. The lowest BCUT2D eigenvalue weighted by Gasteiger charge is -2.23. The van der Waals surface area contributed by atoms with Gasteiger partial charge in [-0.2, -0.15) is 4.37 Å². The SMILES string of the molecule is Cc1ccc(Cc2nsc(N(CCC(=O)NCc3ccncc3)CC(C)C)n2)cc1. The van der Waals surface area contributed by atoms with Gasteiger partial charge >= 0.3 is 0 Å². The number of nitrogens with zero attached hydrogens (tertiary/aromatic N) is 4. The van der Waals surface area contributed by atoms with E-state index in [1.807, 2.05) is 12.1 Å². The summed E-state index contributed by atoms with van der Waals surface area (Å²) in [5.74, 6) is 1.33. The molecule has 158 valence electrons. The van der Waals surface area contributed by atoms with Gasteiger partial charge in [0.25, 0.3) is 0 Å². The predicted molar refractivity (Wildman–Crippen MR) is 122 cm³/mol. The Kier molecular flexibility index (Phi) is 7.90. The number of hydrogen-bond acceptors (Lipinski definition) is 6. The Hall–Kier alpha value is -2.80. The summed E-state index contributed by atoms with van der Waals surface area (Å²) in [5, 5.41) is 3.86. The Morgan fingerprint density at radius 1 is 1.10 bits per heavy atom. The normalized spacial score (nSPS) is 10.9. The highest BCUT2D eigenvalue weighted by Gasteiger charge is 2.16. The van der Waals surface area contributed by atoms with Crippen molar-refractivity contribution in [2.75, 3.05) is 18.0 Å². The molecular formula is C23H29N5OS. The van der Waals surface area contributed by atoms with E-state index in [2.05, 4.69) is 64.6 Å². The van der Waals surface area contributed by atoms with Gasteiger partial charge in [0, 0.05) is 56.4 Å². The van der Waals surface area contributed by atoms with Crippen LogP contribution in [0.2, 0.25) is 0 Å². The number of carbonyl (C=O) groups is 1. The smallest absolute Gasteiger partial charge is 0.222 e. The van der Waals surface area contributed by atoms with E-state index >= 15 is 0 Å². The molecule has 0 aliphatic heterocycles. The van der Waals surface area contributed by atoms with Crippen molar-refractivity contribution in [1.82, 2.24) is 19.7 Å². The minimum Gasteiger partial charge on any atom is -0.352 e. The number of nitrogens with one attached hydrogen (secondary N) is 1. The van der Waals surface area contributed by atoms with Crippen LogP contribution in [-0.2, 0) is 17.8 Å². The first kappa shape index (κ1) is 21.9. The summed E-state index contributed by atoms with van der Waals surface area (Å²) >= 11 is 1.41. The molecule has 0 aliphatic rings. The Morgan fingerprint density at radius 3 is 2.53 bits per heavy atom. The number of rotatable bonds is 10. The molecule has 0 saturated heterocycles. The van der Waals surface area contributed by atoms with Gasteiger partial charge in [0.1, 0.15) is 5.82 Å². The predicted octanol–water partition coefficient (Wildman–Crippen LogP) is 4.00. The van der Waals surface area contributed by atoms with Crippen molar-refractivity contribution in [3.8, 4) is 0 Å². The maximum absolute atomic E-state index is 12.3. The van der Waals surface area contributed by atoms with Crippen molar-refractivity contribution in [2.24, 2.45) is 5.92 Å². The van der Waals surface area contributed by atoms with Crippen molar-refractivity contribution in [2.45, 2.75) is 40.2 Å². The molecule has 1 amide bonds. The molecule has 3 rings (SSSR count). The molecule has 0 atom stereocenters. The van der Waals surface area contributed by atoms with Crippen LogP contribution in [0.5, 0.6) is 0 Å². The van der Waals surface area contributed by atoms with Gasteiger partial charge in [0.2, 0.25) is 11.0 Å². The first-order valence-electron chi connectivity index (χ1n) is 10.3. The van der Waals surface area contributed by atoms with Gasteiger partial charge in [-0.05, 0) is 36.1 Å². The van der Waals surface area contributed by atoms with Gasteiger partial charge in [-0.1, -0.05) is 43.7 Å². The highest BCUT2D eigenvalue weighted by Crippen LogP contribution is 2.20. The third-order valence-corrected chi connectivity index (χ3v) is 5.46. The Balaban J connectivity index is 1.56. The Bertz CT molecular complexity index is 924. The topological polar surface area (TPSA) is 71.0 Å². The van der Waals surface area contributed by atoms with Gasteiger partial charge in [-0.3, -0.25) is 9.78 Å². The van der Waals surface area contributed by atoms with Crippen molar-refractivity contribution in [3.63, 3.8) is 0 Å². The van der Waals surface area contributed by atoms with Gasteiger partial charge in [0.15, 0.2) is 0 Å². The van der Waals surface area contributed by atoms with Crippen LogP contribution in [0, 0.1) is 12.8 Å². The van der Waals surface area contributed by atoms with Crippen LogP contribution in [0.25, 0.3) is 0 Å². The minimum atomic E-state index is 0.0324. The number of anilines is 1. The van der Waals surface area contributed by atoms with Gasteiger partial charge < -0.3 is 10.2 Å². The Morgan fingerprint density at radius 2 is 1.83 bits per heavy atom. The molecule has 2 aromatic heterocycles. The molecule has 1 N–H and O–H groups in total. The van der Waals surface area contributed by atoms with Crippen LogP contribution in [-0.4, -0.2) is 33.3 Å². The van der Waals surface area contributed by atoms with E-state index in [4.69, 9.17) is 4.98 Å². The first-order chi connectivity index (χ1) is 14.5. The number of carbonyl (C=O) groups excluding carboxylic acids is 1. The zero-order valence-electron chi connectivity index (χ0n) is 17.8. The van der Waals surface area contributed by atoms with E-state index < -0.39 is 0 Å². The highest BCUT2D eigenvalue weighted by atomic mass is 32.1. The molecule has 30 heavy (non-hydrogen) atoms. The van der Waals surface area contributed by atoms with Gasteiger partial charge in [-0.15, -0.1) is 0 Å². The number of aryl methyl sites for hydroxylation is 1. The molecule has 0 spiro atoms. The fraction of sp³-hybridized carbons (Fsp3) is 0.391. The van der Waals surface area contributed by atoms with E-state index in [1.54, 1.807) is 12.4 Å². The molecule has 0 unspecified atom stereocenters. The number of amides is 1. The summed E-state index contributed by atoms with van der Waals surface area (Å²) in [5.41, 5.74) is 3.49. The van der Waals surface area contributed by atoms with Crippen LogP contribution in [0.3, 0.4) is 0 Å². The second-order valence-corrected chi connectivity index (χ2v) is 8.61. The fourth-order valence-corrected chi connectivity index (χ4v) is 3.79. The molecular weight excluding hydrogens is 394 g/mol. The molecule has 1 aromatic carbocycles. The van der Waals surface area contributed by atoms with Crippen molar-refractivity contribution >= 4 is 22.6 Å². The number of hydrogen-bond donors (Lipinski definition) is 1. The fourth-order valence-electron chi connectivity index (χ4n) is 3.07. The van der Waals surface area contributed by atoms with Crippen LogP contribution in [0.4, 0.5) is 5.13 Å². The zero-order valence-corrected chi connectivity index (χ0v) is 18.7. The Labute approximate surface area is 182 Å². The third-order valence-electron chi connectivity index (χ3n) is 4.64. The van der Waals surface area contributed by atoms with Crippen LogP contribution in [0.1, 0.15) is 42.8 Å². The lowest BCUT2D eigenvalue weighted by molar-refractivity contribution is -0.121. The van der Waals surface area contributed by atoms with Crippen molar-refractivity contribution in [3.05, 3.63) is 71.3 Å². The molecule has 0 fully saturated rings. The maximum atomic E-state index is 12.3. The van der Waals surface area contributed by atoms with E-state index in [-0.39, 0.29) is 5.91 Å². The summed E-state index contributed by atoms with van der Waals surface area (Å²) in [6.07, 6.45) is 4.61. The molecule has 0 aliphatic carbocycles. The largest absolute Gasteiger partial charge is 0.352 e. The average Bonchev–Trinajstić information content (AvgIpc) is 3.20. The van der Waals surface area contributed by atoms with Gasteiger partial charge in [0.05, 0.1) is 0 Å². The highest BCUT2D eigenvalue weighted by molar-refractivity contribution is 7.09. The van der Waals surface area contributed by atoms with Gasteiger partial charge in [-0.25, -0.2) is 4.98 Å². The quantitative estimate of drug-likeness (QED) is 0.534. The summed E-state index contributed by atoms with van der Waals surface area (Å²) in [6.45, 7) is 8.41. The van der Waals surface area contributed by atoms with E-state index in [0.717, 1.165) is 29.5 Å². The van der Waals surface area contributed by atoms with E-state index in [9.17, 15) is 4.79 Å². The lowest BCUT2D eigenvalue weighted by Crippen LogP contribution is -2.33. The summed E-state index contributed by atoms with van der Waals surface area (Å²) in [4.78, 5) is 23.2.